The zero-order valence-corrected chi connectivity index (χ0v) is 28.4. The summed E-state index contributed by atoms with van der Waals surface area (Å²) < 4.78 is 11.2. The first kappa shape index (κ1) is 35.7. The molecule has 0 aromatic heterocycles. The van der Waals surface area contributed by atoms with Gasteiger partial charge in [-0.1, -0.05) is 166 Å². The summed E-state index contributed by atoms with van der Waals surface area (Å²) in [7, 11) is 0. The van der Waals surface area contributed by atoms with Crippen LogP contribution >= 0.6 is 31.9 Å². The number of halogens is 2. The Labute approximate surface area is 265 Å². The standard InChI is InChI=1S/C34H51Br2NO4/c1-3-5-7-9-11-13-15-20-24-40-33(38)28-26-37-31(32(35)36)30(29(28)27-22-18-17-19-23-27)34(39)41-25-21-16-14-12-10-8-6-4-2/h17-19,22-23,26,28-29,32H,3-16,20-21,24-25H2,1-2H3. The van der Waals surface area contributed by atoms with Crippen molar-refractivity contribution in [3.8, 4) is 0 Å². The van der Waals surface area contributed by atoms with Crippen LogP contribution in [0.5, 0.6) is 0 Å². The van der Waals surface area contributed by atoms with Crippen LogP contribution in [0.3, 0.4) is 0 Å². The quantitative estimate of drug-likeness (QED) is 0.0688. The number of allylic oxidation sites excluding steroid dienone is 1. The summed E-state index contributed by atoms with van der Waals surface area (Å²) >= 11 is 7.07. The lowest BCUT2D eigenvalue weighted by atomic mass is 9.78. The van der Waals surface area contributed by atoms with E-state index < -0.39 is 17.8 Å². The van der Waals surface area contributed by atoms with Gasteiger partial charge in [-0.3, -0.25) is 9.79 Å². The fraction of sp³-hybridized carbons (Fsp3) is 0.676. The third-order valence-electron chi connectivity index (χ3n) is 7.65. The van der Waals surface area contributed by atoms with Crippen molar-refractivity contribution < 1.29 is 19.1 Å². The van der Waals surface area contributed by atoms with E-state index in [4.69, 9.17) is 9.47 Å². The first-order valence-corrected chi connectivity index (χ1v) is 17.8. The van der Waals surface area contributed by atoms with Crippen molar-refractivity contribution in [1.29, 1.82) is 0 Å². The van der Waals surface area contributed by atoms with Gasteiger partial charge >= 0.3 is 11.9 Å². The number of carbonyl (C=O) groups is 2. The first-order chi connectivity index (χ1) is 20.0. The number of carbonyl (C=O) groups excluding carboxylic acids is 2. The van der Waals surface area contributed by atoms with E-state index in [0.29, 0.717) is 24.5 Å². The van der Waals surface area contributed by atoms with Crippen molar-refractivity contribution in [2.24, 2.45) is 10.9 Å². The minimum Gasteiger partial charge on any atom is -0.465 e. The van der Waals surface area contributed by atoms with Gasteiger partial charge in [-0.2, -0.15) is 0 Å². The van der Waals surface area contributed by atoms with Gasteiger partial charge in [0.1, 0.15) is 9.65 Å². The predicted octanol–water partition coefficient (Wildman–Crippen LogP) is 10.2. The van der Waals surface area contributed by atoms with E-state index in [-0.39, 0.29) is 9.71 Å². The third-order valence-corrected chi connectivity index (χ3v) is 8.52. The average Bonchev–Trinajstić information content (AvgIpc) is 2.98. The lowest BCUT2D eigenvalue weighted by Crippen LogP contribution is -2.34. The highest BCUT2D eigenvalue weighted by atomic mass is 79.9. The second-order valence-electron chi connectivity index (χ2n) is 11.0. The maximum atomic E-state index is 13.6. The van der Waals surface area contributed by atoms with E-state index >= 15 is 0 Å². The average molecular weight is 698 g/mol. The second kappa shape index (κ2) is 22.1. The number of aliphatic imine (C=N–C) groups is 1. The molecule has 0 fully saturated rings. The molecule has 0 saturated carbocycles. The number of hydrogen-bond acceptors (Lipinski definition) is 5. The van der Waals surface area contributed by atoms with Gasteiger partial charge in [0.2, 0.25) is 0 Å². The van der Waals surface area contributed by atoms with Crippen molar-refractivity contribution in [1.82, 2.24) is 0 Å². The molecule has 5 nitrogen and oxygen atoms in total. The number of rotatable bonds is 22. The van der Waals surface area contributed by atoms with Gasteiger partial charge in [0, 0.05) is 12.1 Å². The van der Waals surface area contributed by atoms with Crippen LogP contribution in [0.1, 0.15) is 128 Å². The number of ether oxygens (including phenoxy) is 2. The molecule has 0 spiro atoms. The van der Waals surface area contributed by atoms with Crippen LogP contribution in [0.2, 0.25) is 0 Å². The summed E-state index contributed by atoms with van der Waals surface area (Å²) in [5.74, 6) is -1.99. The Hall–Kier alpha value is -1.47. The Morgan fingerprint density at radius 2 is 1.22 bits per heavy atom. The Kier molecular flexibility index (Phi) is 19.3. The second-order valence-corrected chi connectivity index (χ2v) is 14.1. The fourth-order valence-electron chi connectivity index (χ4n) is 5.28. The lowest BCUT2D eigenvalue weighted by molar-refractivity contribution is -0.146. The molecule has 0 amide bonds. The summed E-state index contributed by atoms with van der Waals surface area (Å²) in [4.78, 5) is 31.5. The van der Waals surface area contributed by atoms with Crippen LogP contribution < -0.4 is 0 Å². The van der Waals surface area contributed by atoms with Crippen LogP contribution in [-0.2, 0) is 19.1 Å². The molecule has 2 atom stereocenters. The van der Waals surface area contributed by atoms with Crippen molar-refractivity contribution in [3.05, 3.63) is 47.2 Å². The Balaban J connectivity index is 2.00. The van der Waals surface area contributed by atoms with Crippen molar-refractivity contribution in [2.45, 2.75) is 126 Å². The summed E-state index contributed by atoms with van der Waals surface area (Å²) in [6, 6.07) is 9.67. The number of alkyl halides is 2. The maximum absolute atomic E-state index is 13.6. The van der Waals surface area contributed by atoms with Gasteiger partial charge < -0.3 is 9.47 Å². The third kappa shape index (κ3) is 13.6. The molecule has 1 aromatic carbocycles. The fourth-order valence-corrected chi connectivity index (χ4v) is 6.01. The molecule has 0 saturated heterocycles. The van der Waals surface area contributed by atoms with E-state index in [1.54, 1.807) is 6.21 Å². The molecule has 2 unspecified atom stereocenters. The Bertz CT molecular complexity index is 932. The predicted molar refractivity (Wildman–Crippen MR) is 177 cm³/mol. The SMILES string of the molecule is CCCCCCCCCCOC(=O)C1=C(C(Br)Br)N=CC(C(=O)OCCCCCCCCCC)C1c1ccccc1. The molecule has 0 bridgehead atoms. The van der Waals surface area contributed by atoms with Crippen LogP contribution in [0.15, 0.2) is 46.6 Å². The van der Waals surface area contributed by atoms with E-state index in [2.05, 4.69) is 50.7 Å². The van der Waals surface area contributed by atoms with Crippen LogP contribution in [0.4, 0.5) is 0 Å². The van der Waals surface area contributed by atoms with Crippen molar-refractivity contribution in [3.63, 3.8) is 0 Å². The van der Waals surface area contributed by atoms with Crippen LogP contribution in [0, 0.1) is 5.92 Å². The molecule has 2 rings (SSSR count). The van der Waals surface area contributed by atoms with Crippen LogP contribution in [0.25, 0.3) is 0 Å². The molecule has 7 heteroatoms. The van der Waals surface area contributed by atoms with E-state index in [9.17, 15) is 9.59 Å². The largest absolute Gasteiger partial charge is 0.465 e. The van der Waals surface area contributed by atoms with Crippen molar-refractivity contribution >= 4 is 50.0 Å². The van der Waals surface area contributed by atoms with Gasteiger partial charge in [0.15, 0.2) is 0 Å². The normalized spacial score (nSPS) is 16.8. The molecule has 1 aromatic rings. The summed E-state index contributed by atoms with van der Waals surface area (Å²) in [6.45, 7) is 5.20. The molecule has 230 valence electrons. The monoisotopic (exact) mass is 695 g/mol. The molecular formula is C34H51Br2NO4. The Morgan fingerprint density at radius 1 is 0.732 bits per heavy atom. The highest BCUT2D eigenvalue weighted by Crippen LogP contribution is 2.41. The molecule has 1 aliphatic rings. The van der Waals surface area contributed by atoms with Gasteiger partial charge in [-0.25, -0.2) is 4.79 Å². The number of benzene rings is 1. The number of nitrogens with zero attached hydrogens (tertiary/aromatic N) is 1. The number of unbranched alkanes of at least 4 members (excludes halogenated alkanes) is 14. The van der Waals surface area contributed by atoms with Gasteiger partial charge in [0.25, 0.3) is 0 Å². The highest BCUT2D eigenvalue weighted by Gasteiger charge is 2.41. The van der Waals surface area contributed by atoms with Gasteiger partial charge in [-0.15, -0.1) is 0 Å². The molecule has 0 aliphatic carbocycles. The molecule has 1 heterocycles. The van der Waals surface area contributed by atoms with E-state index in [1.165, 1.54) is 64.2 Å². The topological polar surface area (TPSA) is 65.0 Å². The van der Waals surface area contributed by atoms with Gasteiger partial charge in [0.05, 0.1) is 24.5 Å². The Morgan fingerprint density at radius 3 is 1.73 bits per heavy atom. The molecule has 0 radical (unpaired) electrons. The smallest absolute Gasteiger partial charge is 0.336 e. The summed E-state index contributed by atoms with van der Waals surface area (Å²) in [6.07, 6.45) is 20.4. The number of esters is 2. The van der Waals surface area contributed by atoms with E-state index in [0.717, 1.165) is 44.1 Å². The van der Waals surface area contributed by atoms with E-state index in [1.807, 2.05) is 30.3 Å². The molecular weight excluding hydrogens is 646 g/mol. The molecule has 1 aliphatic heterocycles. The van der Waals surface area contributed by atoms with Crippen LogP contribution in [-0.4, -0.2) is 35.1 Å². The first-order valence-electron chi connectivity index (χ1n) is 16.0. The minimum absolute atomic E-state index is 0.348. The highest BCUT2D eigenvalue weighted by molar-refractivity contribution is 9.24. The van der Waals surface area contributed by atoms with Gasteiger partial charge in [-0.05, 0) is 18.4 Å². The lowest BCUT2D eigenvalue weighted by Gasteiger charge is -2.30. The maximum Gasteiger partial charge on any atom is 0.336 e. The van der Waals surface area contributed by atoms with Crippen molar-refractivity contribution in [2.75, 3.05) is 13.2 Å². The minimum atomic E-state index is -0.695. The number of hydrogen-bond donors (Lipinski definition) is 0. The summed E-state index contributed by atoms with van der Waals surface area (Å²) in [5.41, 5.74) is 1.81. The zero-order valence-electron chi connectivity index (χ0n) is 25.3. The zero-order chi connectivity index (χ0) is 29.7. The molecule has 41 heavy (non-hydrogen) atoms. The molecule has 0 N–H and O–H groups in total. The summed E-state index contributed by atoms with van der Waals surface area (Å²) in [5, 5.41) is 0.